The number of nitrogens with zero attached hydrogens (tertiary/aromatic N) is 2. The Kier molecular flexibility index (Phi) is 10.0. The molecule has 0 aliphatic rings. The summed E-state index contributed by atoms with van der Waals surface area (Å²) < 4.78 is 0. The minimum atomic E-state index is 0.700. The van der Waals surface area contributed by atoms with Crippen LogP contribution in [-0.2, 0) is 0 Å². The maximum atomic E-state index is 5.19. The molecule has 1 aromatic heterocycles. The molecule has 2 heteroatoms. The summed E-state index contributed by atoms with van der Waals surface area (Å²) in [6, 6.07) is 86.2. The molecule has 9 aromatic carbocycles. The van der Waals surface area contributed by atoms with Crippen molar-refractivity contribution in [3.05, 3.63) is 243 Å². The Morgan fingerprint density at radius 2 is 0.583 bits per heavy atom. The Bertz CT molecular complexity index is 2980. The van der Waals surface area contributed by atoms with Gasteiger partial charge in [-0.05, 0) is 85.0 Å². The molecular formula is C58H40N2. The fraction of sp³-hybridized carbons (Fsp3) is 0. The normalized spacial score (nSPS) is 11.0. The van der Waals surface area contributed by atoms with E-state index in [-0.39, 0.29) is 0 Å². The van der Waals surface area contributed by atoms with Gasteiger partial charge in [0.2, 0.25) is 0 Å². The molecule has 0 N–H and O–H groups in total. The molecule has 0 unspecified atom stereocenters. The van der Waals surface area contributed by atoms with Crippen LogP contribution >= 0.6 is 0 Å². The molecule has 10 rings (SSSR count). The second-order valence-electron chi connectivity index (χ2n) is 14.9. The minimum Gasteiger partial charge on any atom is -0.228 e. The summed E-state index contributed by atoms with van der Waals surface area (Å²) in [5.41, 5.74) is 18.8. The second-order valence-corrected chi connectivity index (χ2v) is 14.9. The molecule has 0 fully saturated rings. The van der Waals surface area contributed by atoms with Crippen molar-refractivity contribution >= 4 is 0 Å². The van der Waals surface area contributed by atoms with Gasteiger partial charge < -0.3 is 0 Å². The predicted octanol–water partition coefficient (Wildman–Crippen LogP) is 15.5. The molecule has 0 saturated carbocycles. The summed E-state index contributed by atoms with van der Waals surface area (Å²) in [6.07, 6.45) is 0. The number of aromatic nitrogens is 2. The van der Waals surface area contributed by atoms with E-state index in [1.54, 1.807) is 0 Å². The highest BCUT2D eigenvalue weighted by Crippen LogP contribution is 2.51. The SMILES string of the molecule is c1ccc(-c2cc(-c3cccc(-c4ccccc4-c4cc(-c5ccccc5)c(-c5ccccc5)c(-c5ccccc5)c4-c4ccccc4)c3)nc(-c3ccccc3)n2)cc1. The summed E-state index contributed by atoms with van der Waals surface area (Å²) in [6.45, 7) is 0. The van der Waals surface area contributed by atoms with Crippen LogP contribution in [0.2, 0.25) is 0 Å². The van der Waals surface area contributed by atoms with Crippen LogP contribution in [-0.4, -0.2) is 9.97 Å². The first kappa shape index (κ1) is 36.4. The van der Waals surface area contributed by atoms with Crippen LogP contribution in [0.5, 0.6) is 0 Å². The topological polar surface area (TPSA) is 25.8 Å². The molecule has 0 radical (unpaired) electrons. The Balaban J connectivity index is 1.23. The lowest BCUT2D eigenvalue weighted by molar-refractivity contribution is 1.18. The van der Waals surface area contributed by atoms with Gasteiger partial charge in [-0.3, -0.25) is 0 Å². The standard InChI is InChI=1S/C58H40N2/c1-7-22-41(23-8-1)51-39-52(56(44-28-13-4-14-29-44)57(45-30-15-5-16-31-45)55(51)43-26-11-3-12-27-43)50-37-20-19-36-49(50)47-34-21-35-48(38-47)54-40-53(42-24-9-2-10-25-42)59-58(60-54)46-32-17-6-18-33-46/h1-40H. The van der Waals surface area contributed by atoms with E-state index in [2.05, 4.69) is 218 Å². The molecule has 2 nitrogen and oxygen atoms in total. The van der Waals surface area contributed by atoms with Gasteiger partial charge in [-0.25, -0.2) is 9.97 Å². The summed E-state index contributed by atoms with van der Waals surface area (Å²) in [7, 11) is 0. The van der Waals surface area contributed by atoms with Crippen molar-refractivity contribution in [1.29, 1.82) is 0 Å². The summed E-state index contributed by atoms with van der Waals surface area (Å²) >= 11 is 0. The summed E-state index contributed by atoms with van der Waals surface area (Å²) in [5.74, 6) is 0.700. The van der Waals surface area contributed by atoms with Crippen molar-refractivity contribution in [3.8, 4) is 101 Å². The third kappa shape index (κ3) is 7.23. The zero-order chi connectivity index (χ0) is 40.1. The maximum absolute atomic E-state index is 5.19. The number of hydrogen-bond acceptors (Lipinski definition) is 2. The van der Waals surface area contributed by atoms with Gasteiger partial charge >= 0.3 is 0 Å². The van der Waals surface area contributed by atoms with Gasteiger partial charge in [0, 0.05) is 16.7 Å². The zero-order valence-corrected chi connectivity index (χ0v) is 33.0. The van der Waals surface area contributed by atoms with Gasteiger partial charge in [-0.1, -0.05) is 224 Å². The Hall–Kier alpha value is -7.94. The van der Waals surface area contributed by atoms with Crippen molar-refractivity contribution in [1.82, 2.24) is 9.97 Å². The molecule has 0 spiro atoms. The van der Waals surface area contributed by atoms with E-state index < -0.39 is 0 Å². The second kappa shape index (κ2) is 16.5. The summed E-state index contributed by atoms with van der Waals surface area (Å²) in [4.78, 5) is 10.2. The van der Waals surface area contributed by atoms with Gasteiger partial charge in [0.1, 0.15) is 0 Å². The first-order valence-corrected chi connectivity index (χ1v) is 20.4. The first-order chi connectivity index (χ1) is 29.8. The Morgan fingerprint density at radius 3 is 1.13 bits per heavy atom. The molecule has 282 valence electrons. The fourth-order valence-corrected chi connectivity index (χ4v) is 8.33. The molecule has 10 aromatic rings. The lowest BCUT2D eigenvalue weighted by atomic mass is 9.78. The van der Waals surface area contributed by atoms with Gasteiger partial charge in [0.05, 0.1) is 11.4 Å². The van der Waals surface area contributed by atoms with Crippen LogP contribution in [0.4, 0.5) is 0 Å². The molecule has 1 heterocycles. The van der Waals surface area contributed by atoms with E-state index in [1.165, 1.54) is 44.5 Å². The molecule has 0 saturated heterocycles. The highest BCUT2D eigenvalue weighted by molar-refractivity contribution is 6.08. The lowest BCUT2D eigenvalue weighted by Gasteiger charge is -2.25. The van der Waals surface area contributed by atoms with E-state index in [1.807, 2.05) is 24.3 Å². The van der Waals surface area contributed by atoms with E-state index in [0.29, 0.717) is 5.82 Å². The van der Waals surface area contributed by atoms with E-state index >= 15 is 0 Å². The van der Waals surface area contributed by atoms with Crippen molar-refractivity contribution < 1.29 is 0 Å². The molecule has 0 amide bonds. The average molecular weight is 765 g/mol. The van der Waals surface area contributed by atoms with Crippen LogP contribution in [0.15, 0.2) is 243 Å². The van der Waals surface area contributed by atoms with Gasteiger partial charge in [0.25, 0.3) is 0 Å². The van der Waals surface area contributed by atoms with Crippen LogP contribution in [0.1, 0.15) is 0 Å². The maximum Gasteiger partial charge on any atom is 0.160 e. The number of hydrogen-bond donors (Lipinski definition) is 0. The Morgan fingerprint density at radius 1 is 0.200 bits per heavy atom. The predicted molar refractivity (Wildman–Crippen MR) is 251 cm³/mol. The van der Waals surface area contributed by atoms with E-state index in [9.17, 15) is 0 Å². The van der Waals surface area contributed by atoms with Crippen molar-refractivity contribution in [2.24, 2.45) is 0 Å². The Labute approximate surface area is 351 Å². The van der Waals surface area contributed by atoms with Crippen LogP contribution in [0.3, 0.4) is 0 Å². The van der Waals surface area contributed by atoms with Crippen molar-refractivity contribution in [2.45, 2.75) is 0 Å². The highest BCUT2D eigenvalue weighted by atomic mass is 14.9. The van der Waals surface area contributed by atoms with Crippen molar-refractivity contribution in [3.63, 3.8) is 0 Å². The molecule has 0 atom stereocenters. The quantitative estimate of drug-likeness (QED) is 0.146. The van der Waals surface area contributed by atoms with Crippen LogP contribution < -0.4 is 0 Å². The van der Waals surface area contributed by atoms with Gasteiger partial charge in [0.15, 0.2) is 5.82 Å². The molecule has 0 bridgehead atoms. The van der Waals surface area contributed by atoms with E-state index in [4.69, 9.17) is 9.97 Å². The minimum absolute atomic E-state index is 0.700. The highest BCUT2D eigenvalue weighted by Gasteiger charge is 2.25. The van der Waals surface area contributed by atoms with Gasteiger partial charge in [-0.15, -0.1) is 0 Å². The largest absolute Gasteiger partial charge is 0.228 e. The van der Waals surface area contributed by atoms with Crippen molar-refractivity contribution in [2.75, 3.05) is 0 Å². The molecule has 0 aliphatic carbocycles. The monoisotopic (exact) mass is 764 g/mol. The number of benzene rings is 9. The zero-order valence-electron chi connectivity index (χ0n) is 33.0. The van der Waals surface area contributed by atoms with E-state index in [0.717, 1.165) is 50.3 Å². The third-order valence-corrected chi connectivity index (χ3v) is 11.1. The lowest BCUT2D eigenvalue weighted by Crippen LogP contribution is -1.99. The first-order valence-electron chi connectivity index (χ1n) is 20.4. The van der Waals surface area contributed by atoms with Crippen LogP contribution in [0, 0.1) is 0 Å². The van der Waals surface area contributed by atoms with Crippen LogP contribution in [0.25, 0.3) is 101 Å². The smallest absolute Gasteiger partial charge is 0.160 e. The molecule has 0 aliphatic heterocycles. The molecule has 60 heavy (non-hydrogen) atoms. The fourth-order valence-electron chi connectivity index (χ4n) is 8.33. The number of rotatable bonds is 9. The third-order valence-electron chi connectivity index (χ3n) is 11.1. The molecular weight excluding hydrogens is 725 g/mol. The summed E-state index contributed by atoms with van der Waals surface area (Å²) in [5, 5.41) is 0. The average Bonchev–Trinajstić information content (AvgIpc) is 3.35. The van der Waals surface area contributed by atoms with Gasteiger partial charge in [-0.2, -0.15) is 0 Å².